The zero-order valence-electron chi connectivity index (χ0n) is 16.1. The number of fused-ring (bicyclic) bond motifs is 5. The number of halogens is 1. The Balaban J connectivity index is 1.64. The molecule has 0 unspecified atom stereocenters. The van der Waals surface area contributed by atoms with Crippen LogP contribution in [0.25, 0.3) is 0 Å². The standard InChI is InChI=1S/C23H31ClO2/c1-21-11-7-17(25)15-16(21)5-6-18-19(21)8-12-22(2)20(18)9-13-23(22,26)10-3-4-14-24/h15,18-20,26H,4-9,11-14H2,1-2H3/t18-,19+,20+,21+,22+,23+/m1/s1. The first-order valence-electron chi connectivity index (χ1n) is 10.4. The lowest BCUT2D eigenvalue weighted by Gasteiger charge is -2.58. The van der Waals surface area contributed by atoms with Crippen LogP contribution in [0.2, 0.25) is 0 Å². The summed E-state index contributed by atoms with van der Waals surface area (Å²) in [5.74, 6) is 9.07. The zero-order valence-corrected chi connectivity index (χ0v) is 16.9. The van der Waals surface area contributed by atoms with Crippen molar-refractivity contribution < 1.29 is 9.90 Å². The minimum Gasteiger partial charge on any atom is -0.377 e. The van der Waals surface area contributed by atoms with Gasteiger partial charge in [0.05, 0.1) is 0 Å². The molecule has 4 rings (SSSR count). The predicted molar refractivity (Wildman–Crippen MR) is 105 cm³/mol. The zero-order chi connectivity index (χ0) is 18.6. The van der Waals surface area contributed by atoms with Crippen molar-refractivity contribution in [3.8, 4) is 11.8 Å². The first-order chi connectivity index (χ1) is 12.3. The van der Waals surface area contributed by atoms with Crippen LogP contribution in [0.3, 0.4) is 0 Å². The van der Waals surface area contributed by atoms with Crippen molar-refractivity contribution >= 4 is 17.4 Å². The van der Waals surface area contributed by atoms with Gasteiger partial charge in [-0.3, -0.25) is 4.79 Å². The second-order valence-corrected chi connectivity index (χ2v) is 9.94. The number of alkyl halides is 1. The van der Waals surface area contributed by atoms with Crippen LogP contribution >= 0.6 is 11.6 Å². The predicted octanol–water partition coefficient (Wildman–Crippen LogP) is 4.88. The maximum Gasteiger partial charge on any atom is 0.155 e. The number of aliphatic hydroxyl groups is 1. The van der Waals surface area contributed by atoms with E-state index in [0.717, 1.165) is 38.5 Å². The molecular weight excluding hydrogens is 344 g/mol. The number of carbonyl (C=O) groups excluding carboxylic acids is 1. The summed E-state index contributed by atoms with van der Waals surface area (Å²) >= 11 is 5.77. The second-order valence-electron chi connectivity index (χ2n) is 9.56. The summed E-state index contributed by atoms with van der Waals surface area (Å²) in [6, 6.07) is 0. The number of rotatable bonds is 1. The van der Waals surface area contributed by atoms with Gasteiger partial charge in [-0.25, -0.2) is 0 Å². The molecule has 0 spiro atoms. The van der Waals surface area contributed by atoms with Crippen LogP contribution < -0.4 is 0 Å². The summed E-state index contributed by atoms with van der Waals surface area (Å²) < 4.78 is 0. The highest BCUT2D eigenvalue weighted by atomic mass is 35.5. The molecule has 0 aromatic heterocycles. The molecular formula is C23H31ClO2. The van der Waals surface area contributed by atoms with Gasteiger partial charge in [0.2, 0.25) is 0 Å². The summed E-state index contributed by atoms with van der Waals surface area (Å²) in [5.41, 5.74) is 0.654. The third kappa shape index (κ3) is 2.54. The van der Waals surface area contributed by atoms with Gasteiger partial charge in [0.1, 0.15) is 5.60 Å². The third-order valence-corrected chi connectivity index (χ3v) is 8.82. The highest BCUT2D eigenvalue weighted by molar-refractivity contribution is 6.18. The average molecular weight is 375 g/mol. The lowest BCUT2D eigenvalue weighted by Crippen LogP contribution is -2.54. The van der Waals surface area contributed by atoms with Crippen molar-refractivity contribution in [3.63, 3.8) is 0 Å². The molecule has 0 aromatic rings. The van der Waals surface area contributed by atoms with Gasteiger partial charge in [0.25, 0.3) is 0 Å². The molecule has 0 bridgehead atoms. The van der Waals surface area contributed by atoms with E-state index in [0.29, 0.717) is 42.3 Å². The van der Waals surface area contributed by atoms with Crippen molar-refractivity contribution in [3.05, 3.63) is 11.6 Å². The first-order valence-corrected chi connectivity index (χ1v) is 10.9. The van der Waals surface area contributed by atoms with E-state index < -0.39 is 5.60 Å². The summed E-state index contributed by atoms with van der Waals surface area (Å²) in [7, 11) is 0. The maximum atomic E-state index is 11.9. The van der Waals surface area contributed by atoms with E-state index in [1.54, 1.807) is 0 Å². The van der Waals surface area contributed by atoms with Crippen molar-refractivity contribution in [1.82, 2.24) is 0 Å². The van der Waals surface area contributed by atoms with Crippen LogP contribution in [-0.4, -0.2) is 22.4 Å². The fourth-order valence-electron chi connectivity index (χ4n) is 7.04. The molecule has 0 saturated heterocycles. The second kappa shape index (κ2) is 6.39. The topological polar surface area (TPSA) is 37.3 Å². The number of hydrogen-bond donors (Lipinski definition) is 1. The molecule has 0 aliphatic heterocycles. The summed E-state index contributed by atoms with van der Waals surface area (Å²) in [6.45, 7) is 4.69. The molecule has 0 radical (unpaired) electrons. The van der Waals surface area contributed by atoms with Crippen LogP contribution in [0, 0.1) is 40.4 Å². The van der Waals surface area contributed by atoms with Gasteiger partial charge < -0.3 is 5.11 Å². The van der Waals surface area contributed by atoms with E-state index in [-0.39, 0.29) is 10.8 Å². The van der Waals surface area contributed by atoms with E-state index in [9.17, 15) is 9.90 Å². The minimum atomic E-state index is -0.853. The Kier molecular flexibility index (Phi) is 4.56. The molecule has 3 fully saturated rings. The van der Waals surface area contributed by atoms with Gasteiger partial charge in [-0.2, -0.15) is 0 Å². The average Bonchev–Trinajstić information content (AvgIpc) is 2.87. The minimum absolute atomic E-state index is 0.102. The number of allylic oxidation sites excluding steroid dienone is 1. The van der Waals surface area contributed by atoms with Gasteiger partial charge in [0, 0.05) is 24.1 Å². The highest BCUT2D eigenvalue weighted by Crippen LogP contribution is 2.67. The van der Waals surface area contributed by atoms with E-state index in [2.05, 4.69) is 25.7 Å². The van der Waals surface area contributed by atoms with Gasteiger partial charge in [-0.05, 0) is 74.2 Å². The summed E-state index contributed by atoms with van der Waals surface area (Å²) in [5, 5.41) is 11.4. The van der Waals surface area contributed by atoms with Crippen LogP contribution in [-0.2, 0) is 4.79 Å². The summed E-state index contributed by atoms with van der Waals surface area (Å²) in [6.07, 6.45) is 10.6. The highest BCUT2D eigenvalue weighted by Gasteiger charge is 2.63. The normalized spacial score (nSPS) is 47.2. The largest absolute Gasteiger partial charge is 0.377 e. The van der Waals surface area contributed by atoms with Crippen molar-refractivity contribution in [2.75, 3.05) is 5.88 Å². The quantitative estimate of drug-likeness (QED) is 0.524. The number of hydrogen-bond acceptors (Lipinski definition) is 2. The van der Waals surface area contributed by atoms with Gasteiger partial charge >= 0.3 is 0 Å². The van der Waals surface area contributed by atoms with Crippen molar-refractivity contribution in [2.24, 2.45) is 28.6 Å². The first kappa shape index (κ1) is 18.6. The molecule has 2 nitrogen and oxygen atoms in total. The van der Waals surface area contributed by atoms with Crippen LogP contribution in [0.1, 0.15) is 71.6 Å². The van der Waals surface area contributed by atoms with Crippen molar-refractivity contribution in [1.29, 1.82) is 0 Å². The Morgan fingerprint density at radius 2 is 1.92 bits per heavy atom. The van der Waals surface area contributed by atoms with Crippen LogP contribution in [0.4, 0.5) is 0 Å². The fourth-order valence-corrected chi connectivity index (χ4v) is 7.13. The van der Waals surface area contributed by atoms with E-state index in [4.69, 9.17) is 11.6 Å². The molecule has 4 aliphatic carbocycles. The molecule has 3 saturated carbocycles. The molecule has 0 heterocycles. The SMILES string of the molecule is C[C@]12CCC(=O)C=C1CC[C@@H]1[C@@H]2CC[C@@]2(C)[C@H]1CC[C@@]2(O)C#CCCCl. The Hall–Kier alpha value is -0.780. The molecule has 0 aromatic carbocycles. The van der Waals surface area contributed by atoms with E-state index >= 15 is 0 Å². The Bertz CT molecular complexity index is 701. The maximum absolute atomic E-state index is 11.9. The molecule has 3 heteroatoms. The number of ketones is 1. The molecule has 1 N–H and O–H groups in total. The Morgan fingerprint density at radius 1 is 1.15 bits per heavy atom. The van der Waals surface area contributed by atoms with E-state index in [1.807, 2.05) is 6.08 Å². The molecule has 4 aliphatic rings. The molecule has 0 amide bonds. The molecule has 142 valence electrons. The smallest absolute Gasteiger partial charge is 0.155 e. The Morgan fingerprint density at radius 3 is 2.69 bits per heavy atom. The van der Waals surface area contributed by atoms with E-state index in [1.165, 1.54) is 12.0 Å². The monoisotopic (exact) mass is 374 g/mol. The lowest BCUT2D eigenvalue weighted by molar-refractivity contribution is -0.119. The lowest BCUT2D eigenvalue weighted by atomic mass is 9.46. The fraction of sp³-hybridized carbons (Fsp3) is 0.783. The number of carbonyl (C=O) groups is 1. The molecule has 26 heavy (non-hydrogen) atoms. The Labute approximate surface area is 162 Å². The third-order valence-electron chi connectivity index (χ3n) is 8.63. The van der Waals surface area contributed by atoms with Crippen LogP contribution in [0.5, 0.6) is 0 Å². The van der Waals surface area contributed by atoms with Crippen LogP contribution in [0.15, 0.2) is 11.6 Å². The van der Waals surface area contributed by atoms with Crippen molar-refractivity contribution in [2.45, 2.75) is 77.2 Å². The molecule has 6 atom stereocenters. The van der Waals surface area contributed by atoms with Gasteiger partial charge in [0.15, 0.2) is 5.78 Å². The van der Waals surface area contributed by atoms with Gasteiger partial charge in [-0.1, -0.05) is 31.3 Å². The van der Waals surface area contributed by atoms with Gasteiger partial charge in [-0.15, -0.1) is 11.6 Å². The summed E-state index contributed by atoms with van der Waals surface area (Å²) in [4.78, 5) is 11.9.